The molecule has 0 N–H and O–H groups in total. The van der Waals surface area contributed by atoms with E-state index < -0.39 is 0 Å². The first-order valence-electron chi connectivity index (χ1n) is 9.27. The topological polar surface area (TPSA) is 73.8 Å². The zero-order valence-electron chi connectivity index (χ0n) is 15.6. The second kappa shape index (κ2) is 7.42. The number of piperidine rings is 1. The van der Waals surface area contributed by atoms with Crippen molar-refractivity contribution in [2.75, 3.05) is 26.3 Å². The standard InChI is InChI=1S/C20H23N3O4/c1-13-11-14(2)22-20(21-13)27-15-5-4-8-23(12-15)19(24)16-6-3-7-17-18(16)26-10-9-25-17/h3,6-7,11,15H,4-5,8-10,12H2,1-2H3. The lowest BCUT2D eigenvalue weighted by Gasteiger charge is -2.33. The van der Waals surface area contributed by atoms with Crippen LogP contribution in [-0.4, -0.2) is 53.2 Å². The van der Waals surface area contributed by atoms with Gasteiger partial charge in [-0.3, -0.25) is 4.79 Å². The lowest BCUT2D eigenvalue weighted by Crippen LogP contribution is -2.44. The maximum atomic E-state index is 13.1. The quantitative estimate of drug-likeness (QED) is 0.828. The Labute approximate surface area is 158 Å². The summed E-state index contributed by atoms with van der Waals surface area (Å²) in [6.07, 6.45) is 1.61. The maximum absolute atomic E-state index is 13.1. The predicted molar refractivity (Wildman–Crippen MR) is 98.5 cm³/mol. The van der Waals surface area contributed by atoms with Crippen LogP contribution in [0, 0.1) is 13.8 Å². The molecule has 0 aliphatic carbocycles. The summed E-state index contributed by atoms with van der Waals surface area (Å²) < 4.78 is 17.3. The number of para-hydroxylation sites is 1. The van der Waals surface area contributed by atoms with Gasteiger partial charge in [-0.25, -0.2) is 9.97 Å². The van der Waals surface area contributed by atoms with Crippen LogP contribution in [-0.2, 0) is 0 Å². The van der Waals surface area contributed by atoms with Crippen molar-refractivity contribution in [1.29, 1.82) is 0 Å². The van der Waals surface area contributed by atoms with Gasteiger partial charge >= 0.3 is 6.01 Å². The molecule has 1 amide bonds. The minimum Gasteiger partial charge on any atom is -0.486 e. The molecule has 0 spiro atoms. The van der Waals surface area contributed by atoms with Gasteiger partial charge < -0.3 is 19.1 Å². The van der Waals surface area contributed by atoms with E-state index in [0.29, 0.717) is 49.4 Å². The molecule has 1 fully saturated rings. The first-order valence-corrected chi connectivity index (χ1v) is 9.27. The van der Waals surface area contributed by atoms with Crippen LogP contribution in [0.15, 0.2) is 24.3 Å². The zero-order chi connectivity index (χ0) is 18.8. The van der Waals surface area contributed by atoms with Crippen molar-refractivity contribution in [3.63, 3.8) is 0 Å². The number of hydrogen-bond donors (Lipinski definition) is 0. The summed E-state index contributed by atoms with van der Waals surface area (Å²) in [6, 6.07) is 7.71. The molecular formula is C20H23N3O4. The number of carbonyl (C=O) groups is 1. The van der Waals surface area contributed by atoms with Crippen molar-refractivity contribution in [3.05, 3.63) is 41.2 Å². The minimum absolute atomic E-state index is 0.0630. The van der Waals surface area contributed by atoms with Crippen LogP contribution in [0.25, 0.3) is 0 Å². The van der Waals surface area contributed by atoms with Crippen LogP contribution in [0.4, 0.5) is 0 Å². The molecule has 1 saturated heterocycles. The van der Waals surface area contributed by atoms with Crippen LogP contribution in [0.3, 0.4) is 0 Å². The molecule has 3 heterocycles. The molecule has 0 saturated carbocycles. The average Bonchev–Trinajstić information content (AvgIpc) is 2.66. The lowest BCUT2D eigenvalue weighted by molar-refractivity contribution is 0.0507. The molecule has 2 aliphatic rings. The molecule has 142 valence electrons. The molecule has 0 radical (unpaired) electrons. The number of amides is 1. The van der Waals surface area contributed by atoms with Crippen molar-refractivity contribution >= 4 is 5.91 Å². The number of aryl methyl sites for hydroxylation is 2. The molecule has 2 aromatic rings. The summed E-state index contributed by atoms with van der Waals surface area (Å²) in [5, 5.41) is 0. The highest BCUT2D eigenvalue weighted by Gasteiger charge is 2.29. The molecule has 2 aliphatic heterocycles. The fourth-order valence-electron chi connectivity index (χ4n) is 3.53. The molecule has 7 heteroatoms. The largest absolute Gasteiger partial charge is 0.486 e. The van der Waals surface area contributed by atoms with Gasteiger partial charge in [0.05, 0.1) is 12.1 Å². The van der Waals surface area contributed by atoms with Gasteiger partial charge in [-0.1, -0.05) is 6.07 Å². The highest BCUT2D eigenvalue weighted by atomic mass is 16.6. The van der Waals surface area contributed by atoms with Crippen molar-refractivity contribution in [1.82, 2.24) is 14.9 Å². The van der Waals surface area contributed by atoms with Gasteiger partial charge in [0.15, 0.2) is 11.5 Å². The Hall–Kier alpha value is -2.83. The number of aromatic nitrogens is 2. The summed E-state index contributed by atoms with van der Waals surface area (Å²) in [6.45, 7) is 5.97. The maximum Gasteiger partial charge on any atom is 0.317 e. The molecule has 1 atom stereocenters. The number of hydrogen-bond acceptors (Lipinski definition) is 6. The molecular weight excluding hydrogens is 346 g/mol. The number of rotatable bonds is 3. The first-order chi connectivity index (χ1) is 13.1. The second-order valence-corrected chi connectivity index (χ2v) is 6.90. The van der Waals surface area contributed by atoms with Gasteiger partial charge in [-0.05, 0) is 44.9 Å². The van der Waals surface area contributed by atoms with Crippen LogP contribution < -0.4 is 14.2 Å². The smallest absolute Gasteiger partial charge is 0.317 e. The number of likely N-dealkylation sites (tertiary alicyclic amines) is 1. The fourth-order valence-corrected chi connectivity index (χ4v) is 3.53. The van der Waals surface area contributed by atoms with E-state index in [2.05, 4.69) is 9.97 Å². The number of benzene rings is 1. The van der Waals surface area contributed by atoms with E-state index >= 15 is 0 Å². The van der Waals surface area contributed by atoms with Crippen LogP contribution in [0.5, 0.6) is 17.5 Å². The summed E-state index contributed by atoms with van der Waals surface area (Å²) in [5.74, 6) is 1.10. The first kappa shape index (κ1) is 17.6. The van der Waals surface area contributed by atoms with E-state index in [4.69, 9.17) is 14.2 Å². The molecule has 1 aromatic carbocycles. The molecule has 7 nitrogen and oxygen atoms in total. The lowest BCUT2D eigenvalue weighted by atomic mass is 10.1. The Morgan fingerprint density at radius 2 is 1.96 bits per heavy atom. The summed E-state index contributed by atoms with van der Waals surface area (Å²) in [5.41, 5.74) is 2.28. The Kier molecular flexibility index (Phi) is 4.83. The summed E-state index contributed by atoms with van der Waals surface area (Å²) in [7, 11) is 0. The molecule has 1 aromatic heterocycles. The Bertz CT molecular complexity index is 835. The van der Waals surface area contributed by atoms with Gasteiger partial charge in [0, 0.05) is 17.9 Å². The Morgan fingerprint density at radius 3 is 2.78 bits per heavy atom. The summed E-state index contributed by atoms with van der Waals surface area (Å²) in [4.78, 5) is 23.6. The number of carbonyl (C=O) groups excluding carboxylic acids is 1. The minimum atomic E-state index is -0.124. The zero-order valence-corrected chi connectivity index (χ0v) is 15.6. The van der Waals surface area contributed by atoms with E-state index in [9.17, 15) is 4.79 Å². The third-order valence-corrected chi connectivity index (χ3v) is 4.70. The molecule has 0 bridgehead atoms. The SMILES string of the molecule is Cc1cc(C)nc(OC2CCCN(C(=O)c3cccc4c3OCCO4)C2)n1. The Morgan fingerprint density at radius 1 is 1.19 bits per heavy atom. The Balaban J connectivity index is 1.49. The number of fused-ring (bicyclic) bond motifs is 1. The predicted octanol–water partition coefficient (Wildman–Crippen LogP) is 2.55. The van der Waals surface area contributed by atoms with Crippen molar-refractivity contribution < 1.29 is 19.0 Å². The van der Waals surface area contributed by atoms with Crippen molar-refractivity contribution in [2.45, 2.75) is 32.8 Å². The van der Waals surface area contributed by atoms with Gasteiger partial charge in [-0.15, -0.1) is 0 Å². The van der Waals surface area contributed by atoms with Gasteiger partial charge in [0.1, 0.15) is 19.3 Å². The van der Waals surface area contributed by atoms with Crippen LogP contribution >= 0.6 is 0 Å². The van der Waals surface area contributed by atoms with E-state index in [1.807, 2.05) is 36.9 Å². The highest BCUT2D eigenvalue weighted by molar-refractivity contribution is 5.98. The van der Waals surface area contributed by atoms with Crippen LogP contribution in [0.2, 0.25) is 0 Å². The van der Waals surface area contributed by atoms with Gasteiger partial charge in [0.2, 0.25) is 0 Å². The normalized spacial score (nSPS) is 18.9. The van der Waals surface area contributed by atoms with Crippen LogP contribution in [0.1, 0.15) is 34.6 Å². The number of ether oxygens (including phenoxy) is 3. The highest BCUT2D eigenvalue weighted by Crippen LogP contribution is 2.34. The summed E-state index contributed by atoms with van der Waals surface area (Å²) >= 11 is 0. The van der Waals surface area contributed by atoms with Crippen molar-refractivity contribution in [3.8, 4) is 17.5 Å². The molecule has 4 rings (SSSR count). The number of nitrogens with zero attached hydrogens (tertiary/aromatic N) is 3. The average molecular weight is 369 g/mol. The van der Waals surface area contributed by atoms with E-state index in [-0.39, 0.29) is 12.0 Å². The second-order valence-electron chi connectivity index (χ2n) is 6.90. The van der Waals surface area contributed by atoms with Gasteiger partial charge in [-0.2, -0.15) is 0 Å². The van der Waals surface area contributed by atoms with Gasteiger partial charge in [0.25, 0.3) is 5.91 Å². The third kappa shape index (κ3) is 3.82. The van der Waals surface area contributed by atoms with Crippen molar-refractivity contribution in [2.24, 2.45) is 0 Å². The van der Waals surface area contributed by atoms with E-state index in [1.54, 1.807) is 6.07 Å². The van der Waals surface area contributed by atoms with E-state index in [1.165, 1.54) is 0 Å². The third-order valence-electron chi connectivity index (χ3n) is 4.70. The monoisotopic (exact) mass is 369 g/mol. The van der Waals surface area contributed by atoms with E-state index in [0.717, 1.165) is 24.2 Å². The fraction of sp³-hybridized carbons (Fsp3) is 0.450. The molecule has 1 unspecified atom stereocenters. The molecule has 27 heavy (non-hydrogen) atoms.